The fourth-order valence-corrected chi connectivity index (χ4v) is 4.54. The van der Waals surface area contributed by atoms with Crippen molar-refractivity contribution in [2.75, 3.05) is 11.9 Å². The SMILES string of the molecule is O=C(NCCc1cccc(Cl)c1)c1ccc(NC2=NS(=O)(=O)c3ccccc32)cc1. The highest BCUT2D eigenvalue weighted by Gasteiger charge is 2.28. The highest BCUT2D eigenvalue weighted by atomic mass is 35.5. The minimum absolute atomic E-state index is 0.184. The standard InChI is InChI=1S/C22H18ClN3O3S/c23-17-5-3-4-15(14-17)12-13-24-22(27)16-8-10-18(11-9-16)25-21-19-6-1-2-7-20(19)30(28,29)26-21/h1-11,14H,12-13H2,(H,24,27)(H,25,26). The van der Waals surface area contributed by atoms with E-state index in [0.29, 0.717) is 34.8 Å². The van der Waals surface area contributed by atoms with Crippen LogP contribution in [0, 0.1) is 0 Å². The van der Waals surface area contributed by atoms with Gasteiger partial charge in [0.05, 0.1) is 0 Å². The number of nitrogens with one attached hydrogen (secondary N) is 2. The van der Waals surface area contributed by atoms with E-state index in [-0.39, 0.29) is 16.6 Å². The first kappa shape index (κ1) is 20.1. The molecule has 2 N–H and O–H groups in total. The number of sulfonamides is 1. The van der Waals surface area contributed by atoms with Crippen LogP contribution in [-0.4, -0.2) is 26.7 Å². The van der Waals surface area contributed by atoms with E-state index in [2.05, 4.69) is 15.0 Å². The van der Waals surface area contributed by atoms with Gasteiger partial charge in [0.2, 0.25) is 0 Å². The van der Waals surface area contributed by atoms with Crippen molar-refractivity contribution in [2.24, 2.45) is 4.40 Å². The average Bonchev–Trinajstić information content (AvgIpc) is 2.99. The van der Waals surface area contributed by atoms with Gasteiger partial charge in [0.15, 0.2) is 5.84 Å². The predicted octanol–water partition coefficient (Wildman–Crippen LogP) is 3.87. The van der Waals surface area contributed by atoms with Gasteiger partial charge in [-0.25, -0.2) is 0 Å². The lowest BCUT2D eigenvalue weighted by Crippen LogP contribution is -2.25. The number of anilines is 1. The molecule has 0 atom stereocenters. The van der Waals surface area contributed by atoms with Crippen LogP contribution in [0.1, 0.15) is 21.5 Å². The maximum absolute atomic E-state index is 12.3. The van der Waals surface area contributed by atoms with E-state index in [1.807, 2.05) is 24.3 Å². The molecule has 0 radical (unpaired) electrons. The van der Waals surface area contributed by atoms with Gasteiger partial charge in [0, 0.05) is 28.4 Å². The third kappa shape index (κ3) is 4.37. The normalized spacial score (nSPS) is 14.0. The summed E-state index contributed by atoms with van der Waals surface area (Å²) in [5.74, 6) is 0.0824. The maximum Gasteiger partial charge on any atom is 0.285 e. The lowest BCUT2D eigenvalue weighted by atomic mass is 10.1. The first-order chi connectivity index (χ1) is 14.4. The Bertz CT molecular complexity index is 1240. The van der Waals surface area contributed by atoms with Crippen LogP contribution in [0.15, 0.2) is 82.1 Å². The topological polar surface area (TPSA) is 87.6 Å². The summed E-state index contributed by atoms with van der Waals surface area (Å²) in [4.78, 5) is 12.5. The summed E-state index contributed by atoms with van der Waals surface area (Å²) in [5, 5.41) is 6.56. The molecule has 0 saturated heterocycles. The zero-order chi connectivity index (χ0) is 21.1. The van der Waals surface area contributed by atoms with Gasteiger partial charge < -0.3 is 10.6 Å². The van der Waals surface area contributed by atoms with Gasteiger partial charge in [-0.05, 0) is 60.5 Å². The van der Waals surface area contributed by atoms with Gasteiger partial charge in [0.1, 0.15) is 4.90 Å². The maximum atomic E-state index is 12.3. The van der Waals surface area contributed by atoms with Crippen molar-refractivity contribution in [2.45, 2.75) is 11.3 Å². The first-order valence-electron chi connectivity index (χ1n) is 9.26. The average molecular weight is 440 g/mol. The molecule has 0 fully saturated rings. The van der Waals surface area contributed by atoms with Crippen molar-refractivity contribution in [1.29, 1.82) is 0 Å². The third-order valence-electron chi connectivity index (χ3n) is 4.63. The van der Waals surface area contributed by atoms with Crippen LogP contribution in [0.25, 0.3) is 0 Å². The van der Waals surface area contributed by atoms with E-state index < -0.39 is 10.0 Å². The summed E-state index contributed by atoms with van der Waals surface area (Å²) < 4.78 is 28.1. The van der Waals surface area contributed by atoms with Crippen molar-refractivity contribution in [1.82, 2.24) is 5.32 Å². The summed E-state index contributed by atoms with van der Waals surface area (Å²) in [6.45, 7) is 0.491. The third-order valence-corrected chi connectivity index (χ3v) is 6.20. The van der Waals surface area contributed by atoms with E-state index >= 15 is 0 Å². The molecule has 4 rings (SSSR count). The number of fused-ring (bicyclic) bond motifs is 1. The van der Waals surface area contributed by atoms with Crippen LogP contribution in [0.5, 0.6) is 0 Å². The van der Waals surface area contributed by atoms with Gasteiger partial charge in [-0.3, -0.25) is 4.79 Å². The van der Waals surface area contributed by atoms with Crippen LogP contribution >= 0.6 is 11.6 Å². The molecule has 6 nitrogen and oxygen atoms in total. The highest BCUT2D eigenvalue weighted by molar-refractivity contribution is 7.90. The molecule has 1 heterocycles. The Balaban J connectivity index is 1.38. The Kier molecular flexibility index (Phi) is 5.57. The molecule has 1 aliphatic heterocycles. The van der Waals surface area contributed by atoms with Crippen molar-refractivity contribution >= 4 is 39.1 Å². The van der Waals surface area contributed by atoms with Gasteiger partial charge in [-0.15, -0.1) is 4.40 Å². The van der Waals surface area contributed by atoms with Crippen molar-refractivity contribution in [3.05, 3.63) is 94.5 Å². The largest absolute Gasteiger partial charge is 0.352 e. The lowest BCUT2D eigenvalue weighted by molar-refractivity contribution is 0.0954. The first-order valence-corrected chi connectivity index (χ1v) is 11.1. The number of carbonyl (C=O) groups excluding carboxylic acids is 1. The number of hydrogen-bond donors (Lipinski definition) is 2. The number of nitrogens with zero attached hydrogens (tertiary/aromatic N) is 1. The Labute approximate surface area is 179 Å². The summed E-state index contributed by atoms with van der Waals surface area (Å²) in [6, 6.07) is 20.9. The molecule has 152 valence electrons. The van der Waals surface area contributed by atoms with Crippen molar-refractivity contribution in [3.8, 4) is 0 Å². The van der Waals surface area contributed by atoms with E-state index in [9.17, 15) is 13.2 Å². The monoisotopic (exact) mass is 439 g/mol. The Hall–Kier alpha value is -3.16. The minimum atomic E-state index is -3.68. The van der Waals surface area contributed by atoms with Crippen LogP contribution < -0.4 is 10.6 Å². The molecular formula is C22H18ClN3O3S. The summed E-state index contributed by atoms with van der Waals surface area (Å²) in [5.41, 5.74) is 2.72. The number of carbonyl (C=O) groups is 1. The molecule has 0 bridgehead atoms. The van der Waals surface area contributed by atoms with Gasteiger partial charge in [-0.1, -0.05) is 35.9 Å². The molecule has 8 heteroatoms. The number of hydrogen-bond acceptors (Lipinski definition) is 4. The smallest absolute Gasteiger partial charge is 0.285 e. The fraction of sp³-hybridized carbons (Fsp3) is 0.0909. The number of amidine groups is 1. The molecule has 0 unspecified atom stereocenters. The van der Waals surface area contributed by atoms with Crippen molar-refractivity contribution in [3.63, 3.8) is 0 Å². The summed E-state index contributed by atoms with van der Waals surface area (Å²) in [6.07, 6.45) is 0.680. The zero-order valence-corrected chi connectivity index (χ0v) is 17.4. The Morgan fingerprint density at radius 3 is 2.50 bits per heavy atom. The van der Waals surface area contributed by atoms with E-state index in [1.54, 1.807) is 42.5 Å². The Morgan fingerprint density at radius 1 is 0.967 bits per heavy atom. The molecule has 0 aliphatic carbocycles. The van der Waals surface area contributed by atoms with Crippen molar-refractivity contribution < 1.29 is 13.2 Å². The van der Waals surface area contributed by atoms with E-state index in [1.165, 1.54) is 6.07 Å². The second kappa shape index (κ2) is 8.30. The lowest BCUT2D eigenvalue weighted by Gasteiger charge is -2.09. The molecule has 30 heavy (non-hydrogen) atoms. The molecule has 0 aromatic heterocycles. The second-order valence-electron chi connectivity index (χ2n) is 6.75. The van der Waals surface area contributed by atoms with Crippen LogP contribution in [0.4, 0.5) is 5.69 Å². The van der Waals surface area contributed by atoms with Crippen LogP contribution in [0.3, 0.4) is 0 Å². The van der Waals surface area contributed by atoms with Gasteiger partial charge in [-0.2, -0.15) is 8.42 Å². The zero-order valence-electron chi connectivity index (χ0n) is 15.8. The Morgan fingerprint density at radius 2 is 1.73 bits per heavy atom. The van der Waals surface area contributed by atoms with Gasteiger partial charge in [0.25, 0.3) is 15.9 Å². The van der Waals surface area contributed by atoms with E-state index in [0.717, 1.165) is 5.56 Å². The summed E-state index contributed by atoms with van der Waals surface area (Å²) >= 11 is 5.97. The molecule has 3 aromatic rings. The highest BCUT2D eigenvalue weighted by Crippen LogP contribution is 2.26. The van der Waals surface area contributed by atoms with Crippen LogP contribution in [-0.2, 0) is 16.4 Å². The number of halogens is 1. The molecule has 0 spiro atoms. The predicted molar refractivity (Wildman–Crippen MR) is 118 cm³/mol. The molecule has 1 aliphatic rings. The molecule has 0 saturated carbocycles. The second-order valence-corrected chi connectivity index (χ2v) is 8.76. The summed E-state index contributed by atoms with van der Waals surface area (Å²) in [7, 11) is -3.68. The fourth-order valence-electron chi connectivity index (χ4n) is 3.15. The number of amides is 1. The molecule has 1 amide bonds. The quantitative estimate of drug-likeness (QED) is 0.631. The van der Waals surface area contributed by atoms with E-state index in [4.69, 9.17) is 11.6 Å². The number of rotatable bonds is 5. The van der Waals surface area contributed by atoms with Crippen LogP contribution in [0.2, 0.25) is 5.02 Å². The minimum Gasteiger partial charge on any atom is -0.352 e. The number of benzene rings is 3. The molecule has 3 aromatic carbocycles. The van der Waals surface area contributed by atoms with Gasteiger partial charge >= 0.3 is 0 Å². The molecular weight excluding hydrogens is 422 g/mol.